The van der Waals surface area contributed by atoms with Gasteiger partial charge in [0.1, 0.15) is 0 Å². The summed E-state index contributed by atoms with van der Waals surface area (Å²) < 4.78 is 18.6. The van der Waals surface area contributed by atoms with Crippen molar-refractivity contribution in [1.82, 2.24) is 20.2 Å². The van der Waals surface area contributed by atoms with E-state index in [0.717, 1.165) is 5.56 Å². The van der Waals surface area contributed by atoms with Crippen LogP contribution in [0.5, 0.6) is 5.75 Å². The molecule has 84 valence electrons. The first-order valence-electron chi connectivity index (χ1n) is 4.77. The standard InChI is InChI=1S/C10H11FN4O/c1-7-3-4-8(11)9(5-7)16-6-10-12-14-15(2)13-10/h3-5H,6H2,1-2H3. The lowest BCUT2D eigenvalue weighted by Crippen LogP contribution is -2.00. The summed E-state index contributed by atoms with van der Waals surface area (Å²) in [5, 5.41) is 11.3. The monoisotopic (exact) mass is 222 g/mol. The van der Waals surface area contributed by atoms with Crippen LogP contribution in [0.4, 0.5) is 4.39 Å². The van der Waals surface area contributed by atoms with Crippen molar-refractivity contribution in [3.63, 3.8) is 0 Å². The van der Waals surface area contributed by atoms with Gasteiger partial charge in [0.25, 0.3) is 0 Å². The van der Waals surface area contributed by atoms with E-state index in [0.29, 0.717) is 5.82 Å². The highest BCUT2D eigenvalue weighted by molar-refractivity contribution is 5.29. The molecule has 1 aromatic heterocycles. The molecule has 0 aliphatic carbocycles. The fraction of sp³-hybridized carbons (Fsp3) is 0.300. The summed E-state index contributed by atoms with van der Waals surface area (Å²) in [6.45, 7) is 1.97. The van der Waals surface area contributed by atoms with Gasteiger partial charge in [-0.2, -0.15) is 4.80 Å². The summed E-state index contributed by atoms with van der Waals surface area (Å²) in [6, 6.07) is 4.68. The molecule has 0 saturated carbocycles. The zero-order valence-corrected chi connectivity index (χ0v) is 9.01. The molecule has 16 heavy (non-hydrogen) atoms. The van der Waals surface area contributed by atoms with Gasteiger partial charge in [-0.1, -0.05) is 6.07 Å². The number of rotatable bonds is 3. The normalized spacial score (nSPS) is 10.4. The van der Waals surface area contributed by atoms with Gasteiger partial charge < -0.3 is 4.74 Å². The summed E-state index contributed by atoms with van der Waals surface area (Å²) in [5.41, 5.74) is 0.934. The first-order valence-corrected chi connectivity index (χ1v) is 4.77. The summed E-state index contributed by atoms with van der Waals surface area (Å²) in [6.07, 6.45) is 0. The summed E-state index contributed by atoms with van der Waals surface area (Å²) in [5.74, 6) is 0.227. The Balaban J connectivity index is 2.07. The molecule has 2 rings (SSSR count). The summed E-state index contributed by atoms with van der Waals surface area (Å²) in [4.78, 5) is 1.32. The van der Waals surface area contributed by atoms with Gasteiger partial charge in [-0.15, -0.1) is 10.2 Å². The van der Waals surface area contributed by atoms with E-state index < -0.39 is 5.82 Å². The van der Waals surface area contributed by atoms with Gasteiger partial charge in [0.05, 0.1) is 7.05 Å². The van der Waals surface area contributed by atoms with Gasteiger partial charge in [0.2, 0.25) is 5.82 Å². The van der Waals surface area contributed by atoms with Crippen molar-refractivity contribution in [3.05, 3.63) is 35.4 Å². The molecule has 0 radical (unpaired) electrons. The van der Waals surface area contributed by atoms with Crippen molar-refractivity contribution >= 4 is 0 Å². The van der Waals surface area contributed by atoms with Crippen molar-refractivity contribution in [1.29, 1.82) is 0 Å². The highest BCUT2D eigenvalue weighted by atomic mass is 19.1. The fourth-order valence-electron chi connectivity index (χ4n) is 1.24. The second-order valence-corrected chi connectivity index (χ2v) is 3.42. The maximum atomic E-state index is 13.3. The molecule has 0 spiro atoms. The summed E-state index contributed by atoms with van der Waals surface area (Å²) >= 11 is 0. The first-order chi connectivity index (χ1) is 7.65. The van der Waals surface area contributed by atoms with E-state index in [-0.39, 0.29) is 12.4 Å². The Morgan fingerprint density at radius 2 is 2.25 bits per heavy atom. The minimum absolute atomic E-state index is 0.105. The van der Waals surface area contributed by atoms with E-state index in [1.807, 2.05) is 6.92 Å². The third-order valence-electron chi connectivity index (χ3n) is 1.99. The lowest BCUT2D eigenvalue weighted by molar-refractivity contribution is 0.280. The Labute approximate surface area is 91.8 Å². The van der Waals surface area contributed by atoms with Crippen LogP contribution in [0.1, 0.15) is 11.4 Å². The van der Waals surface area contributed by atoms with Crippen LogP contribution < -0.4 is 4.74 Å². The molecular formula is C10H11FN4O. The molecule has 0 N–H and O–H groups in total. The molecule has 5 nitrogen and oxygen atoms in total. The van der Waals surface area contributed by atoms with Crippen LogP contribution in [0.15, 0.2) is 18.2 Å². The molecule has 0 unspecified atom stereocenters. The lowest BCUT2D eigenvalue weighted by Gasteiger charge is -2.05. The third kappa shape index (κ3) is 2.33. The van der Waals surface area contributed by atoms with Crippen LogP contribution in [-0.2, 0) is 13.7 Å². The smallest absolute Gasteiger partial charge is 0.212 e. The second kappa shape index (κ2) is 4.26. The molecule has 0 aliphatic heterocycles. The third-order valence-corrected chi connectivity index (χ3v) is 1.99. The van der Waals surface area contributed by atoms with Crippen molar-refractivity contribution in [2.24, 2.45) is 7.05 Å². The number of hydrogen-bond acceptors (Lipinski definition) is 4. The zero-order valence-electron chi connectivity index (χ0n) is 9.01. The second-order valence-electron chi connectivity index (χ2n) is 3.42. The maximum absolute atomic E-state index is 13.3. The van der Waals surface area contributed by atoms with Gasteiger partial charge in [-0.25, -0.2) is 4.39 Å². The Morgan fingerprint density at radius 3 is 2.94 bits per heavy atom. The number of benzene rings is 1. The first kappa shape index (κ1) is 10.5. The maximum Gasteiger partial charge on any atom is 0.212 e. The average molecular weight is 222 g/mol. The Hall–Kier alpha value is -1.98. The number of aromatic nitrogens is 4. The predicted octanol–water partition coefficient (Wildman–Crippen LogP) is 1.24. The van der Waals surface area contributed by atoms with Crippen molar-refractivity contribution in [3.8, 4) is 5.75 Å². The number of halogens is 1. The fourth-order valence-corrected chi connectivity index (χ4v) is 1.24. The van der Waals surface area contributed by atoms with Crippen molar-refractivity contribution in [2.45, 2.75) is 13.5 Å². The number of tetrazole rings is 1. The Bertz CT molecular complexity index is 497. The van der Waals surface area contributed by atoms with Crippen LogP contribution in [0, 0.1) is 12.7 Å². The number of ether oxygens (including phenoxy) is 1. The SMILES string of the molecule is Cc1ccc(F)c(OCc2nnn(C)n2)c1. The molecule has 0 bridgehead atoms. The molecule has 0 atom stereocenters. The highest BCUT2D eigenvalue weighted by Gasteiger charge is 2.06. The molecule has 0 fully saturated rings. The molecular weight excluding hydrogens is 211 g/mol. The molecule has 0 saturated heterocycles. The molecule has 2 aromatic rings. The van der Waals surface area contributed by atoms with Crippen LogP contribution in [-0.4, -0.2) is 20.2 Å². The largest absolute Gasteiger partial charge is 0.482 e. The summed E-state index contributed by atoms with van der Waals surface area (Å²) in [7, 11) is 1.66. The highest BCUT2D eigenvalue weighted by Crippen LogP contribution is 2.18. The Morgan fingerprint density at radius 1 is 1.44 bits per heavy atom. The topological polar surface area (TPSA) is 52.8 Å². The van der Waals surface area contributed by atoms with E-state index in [4.69, 9.17) is 4.74 Å². The van der Waals surface area contributed by atoms with Crippen molar-refractivity contribution in [2.75, 3.05) is 0 Å². The number of nitrogens with zero attached hydrogens (tertiary/aromatic N) is 4. The van der Waals surface area contributed by atoms with Crippen LogP contribution in [0.2, 0.25) is 0 Å². The van der Waals surface area contributed by atoms with Crippen molar-refractivity contribution < 1.29 is 9.13 Å². The van der Waals surface area contributed by atoms with Crippen LogP contribution >= 0.6 is 0 Å². The van der Waals surface area contributed by atoms with Gasteiger partial charge >= 0.3 is 0 Å². The number of hydrogen-bond donors (Lipinski definition) is 0. The van der Waals surface area contributed by atoms with Gasteiger partial charge in [-0.3, -0.25) is 0 Å². The van der Waals surface area contributed by atoms with Gasteiger partial charge in [0.15, 0.2) is 18.2 Å². The molecule has 1 aromatic carbocycles. The van der Waals surface area contributed by atoms with Crippen LogP contribution in [0.3, 0.4) is 0 Å². The van der Waals surface area contributed by atoms with E-state index in [1.165, 1.54) is 10.9 Å². The van der Waals surface area contributed by atoms with E-state index in [9.17, 15) is 4.39 Å². The molecule has 0 amide bonds. The van der Waals surface area contributed by atoms with E-state index in [2.05, 4.69) is 15.4 Å². The Kier molecular flexibility index (Phi) is 2.80. The molecule has 6 heteroatoms. The lowest BCUT2D eigenvalue weighted by atomic mass is 10.2. The molecule has 1 heterocycles. The zero-order chi connectivity index (χ0) is 11.5. The van der Waals surface area contributed by atoms with Crippen LogP contribution in [0.25, 0.3) is 0 Å². The van der Waals surface area contributed by atoms with Gasteiger partial charge in [-0.05, 0) is 29.8 Å². The van der Waals surface area contributed by atoms with E-state index >= 15 is 0 Å². The quantitative estimate of drug-likeness (QED) is 0.784. The van der Waals surface area contributed by atoms with E-state index in [1.54, 1.807) is 19.2 Å². The average Bonchev–Trinajstić information content (AvgIpc) is 2.66. The minimum Gasteiger partial charge on any atom is -0.482 e. The predicted molar refractivity (Wildman–Crippen MR) is 54.3 cm³/mol. The minimum atomic E-state index is -0.394. The molecule has 0 aliphatic rings. The number of aryl methyl sites for hydroxylation is 2. The van der Waals surface area contributed by atoms with Gasteiger partial charge in [0, 0.05) is 0 Å².